The van der Waals surface area contributed by atoms with E-state index in [1.165, 1.54) is 5.56 Å². The molecule has 2 heterocycles. The van der Waals surface area contributed by atoms with Crippen molar-refractivity contribution in [2.75, 3.05) is 7.05 Å². The fraction of sp³-hybridized carbons (Fsp3) is 0.381. The highest BCUT2D eigenvalue weighted by Crippen LogP contribution is 2.17. The average Bonchev–Trinajstić information content (AvgIpc) is 3.13. The summed E-state index contributed by atoms with van der Waals surface area (Å²) in [5, 5.41) is 15.9. The molecule has 0 fully saturated rings. The number of aliphatic imine (C=N–C) groups is 1. The molecule has 2 aromatic heterocycles. The lowest BCUT2D eigenvalue weighted by molar-refractivity contribution is 0.728. The molecule has 0 spiro atoms. The molecule has 0 aliphatic rings. The van der Waals surface area contributed by atoms with Gasteiger partial charge in [-0.2, -0.15) is 10.2 Å². The normalized spacial score (nSPS) is 11.3. The Morgan fingerprint density at radius 2 is 1.72 bits per heavy atom. The van der Waals surface area contributed by atoms with Gasteiger partial charge in [0.15, 0.2) is 5.96 Å². The van der Waals surface area contributed by atoms with Crippen LogP contribution in [0.15, 0.2) is 35.3 Å². The van der Waals surface area contributed by atoms with Crippen LogP contribution in [0.25, 0.3) is 5.69 Å². The van der Waals surface area contributed by atoms with E-state index in [9.17, 15) is 0 Å². The van der Waals surface area contributed by atoms with Gasteiger partial charge in [-0.25, -0.2) is 4.68 Å². The van der Waals surface area contributed by atoms with Crippen LogP contribution in [-0.2, 0) is 20.1 Å². The van der Waals surface area contributed by atoms with Crippen molar-refractivity contribution in [3.63, 3.8) is 0 Å². The Bertz CT molecular complexity index is 1000. The van der Waals surface area contributed by atoms with E-state index in [-0.39, 0.29) is 24.0 Å². The second kappa shape index (κ2) is 9.91. The van der Waals surface area contributed by atoms with Crippen molar-refractivity contribution in [2.24, 2.45) is 12.0 Å². The lowest BCUT2D eigenvalue weighted by Gasteiger charge is -2.15. The van der Waals surface area contributed by atoms with Crippen molar-refractivity contribution in [2.45, 2.75) is 40.8 Å². The average molecular weight is 507 g/mol. The molecule has 29 heavy (non-hydrogen) atoms. The molecule has 0 unspecified atom stereocenters. The summed E-state index contributed by atoms with van der Waals surface area (Å²) in [5.74, 6) is 0.755. The molecule has 0 amide bonds. The molecule has 0 saturated heterocycles. The number of rotatable bonds is 5. The molecule has 1 aromatic carbocycles. The number of guanidine groups is 1. The van der Waals surface area contributed by atoms with Gasteiger partial charge in [0.25, 0.3) is 0 Å². The number of aryl methyl sites for hydroxylation is 4. The van der Waals surface area contributed by atoms with Crippen molar-refractivity contribution in [1.82, 2.24) is 30.2 Å². The van der Waals surface area contributed by atoms with Gasteiger partial charge in [-0.1, -0.05) is 18.2 Å². The Kier molecular flexibility index (Phi) is 7.83. The highest BCUT2D eigenvalue weighted by molar-refractivity contribution is 14.0. The van der Waals surface area contributed by atoms with E-state index in [1.807, 2.05) is 42.4 Å². The zero-order valence-electron chi connectivity index (χ0n) is 17.9. The first-order chi connectivity index (χ1) is 13.4. The summed E-state index contributed by atoms with van der Waals surface area (Å²) in [4.78, 5) is 4.35. The number of hydrogen-bond donors (Lipinski definition) is 2. The van der Waals surface area contributed by atoms with Gasteiger partial charge in [0.2, 0.25) is 0 Å². The monoisotopic (exact) mass is 507 g/mol. The van der Waals surface area contributed by atoms with E-state index < -0.39 is 0 Å². The third kappa shape index (κ3) is 5.17. The van der Waals surface area contributed by atoms with Gasteiger partial charge in [-0.15, -0.1) is 24.0 Å². The molecule has 0 aliphatic heterocycles. The minimum absolute atomic E-state index is 0. The zero-order chi connectivity index (χ0) is 20.3. The van der Waals surface area contributed by atoms with Crippen molar-refractivity contribution < 1.29 is 0 Å². The molecule has 7 nitrogen and oxygen atoms in total. The van der Waals surface area contributed by atoms with Gasteiger partial charge in [-0.3, -0.25) is 9.67 Å². The van der Waals surface area contributed by atoms with Gasteiger partial charge >= 0.3 is 0 Å². The predicted molar refractivity (Wildman–Crippen MR) is 128 cm³/mol. The van der Waals surface area contributed by atoms with Gasteiger partial charge in [0.05, 0.1) is 17.1 Å². The summed E-state index contributed by atoms with van der Waals surface area (Å²) in [6.07, 6.45) is 0. The van der Waals surface area contributed by atoms with Gasteiger partial charge in [-0.05, 0) is 45.4 Å². The highest BCUT2D eigenvalue weighted by Gasteiger charge is 2.11. The molecule has 3 aromatic rings. The van der Waals surface area contributed by atoms with Crippen LogP contribution < -0.4 is 10.6 Å². The van der Waals surface area contributed by atoms with Crippen molar-refractivity contribution in [3.05, 3.63) is 64.2 Å². The molecule has 0 radical (unpaired) electrons. The van der Waals surface area contributed by atoms with E-state index >= 15 is 0 Å². The quantitative estimate of drug-likeness (QED) is 0.316. The second-order valence-corrected chi connectivity index (χ2v) is 7.02. The van der Waals surface area contributed by atoms with E-state index in [0.717, 1.165) is 40.0 Å². The molecule has 0 bridgehead atoms. The number of halogens is 1. The lowest BCUT2D eigenvalue weighted by Crippen LogP contribution is -2.36. The molecule has 0 saturated carbocycles. The first-order valence-electron chi connectivity index (χ1n) is 9.45. The summed E-state index contributed by atoms with van der Waals surface area (Å²) in [6.45, 7) is 9.54. The Hall–Kier alpha value is -2.36. The molecule has 156 valence electrons. The van der Waals surface area contributed by atoms with Gasteiger partial charge in [0.1, 0.15) is 0 Å². The van der Waals surface area contributed by atoms with Crippen molar-refractivity contribution >= 4 is 29.9 Å². The lowest BCUT2D eigenvalue weighted by atomic mass is 10.1. The molecular formula is C21H30IN7. The molecule has 0 aliphatic carbocycles. The van der Waals surface area contributed by atoms with Gasteiger partial charge < -0.3 is 10.6 Å². The zero-order valence-corrected chi connectivity index (χ0v) is 20.3. The van der Waals surface area contributed by atoms with E-state index in [1.54, 1.807) is 7.05 Å². The summed E-state index contributed by atoms with van der Waals surface area (Å²) < 4.78 is 3.90. The van der Waals surface area contributed by atoms with Crippen LogP contribution in [0.5, 0.6) is 0 Å². The largest absolute Gasteiger partial charge is 0.352 e. The van der Waals surface area contributed by atoms with Gasteiger partial charge in [0, 0.05) is 44.1 Å². The predicted octanol–water partition coefficient (Wildman–Crippen LogP) is 3.32. The van der Waals surface area contributed by atoms with Crippen molar-refractivity contribution in [3.8, 4) is 5.69 Å². The fourth-order valence-corrected chi connectivity index (χ4v) is 3.38. The first kappa shape index (κ1) is 22.9. The summed E-state index contributed by atoms with van der Waals surface area (Å²) >= 11 is 0. The number of nitrogens with one attached hydrogen (secondary N) is 2. The van der Waals surface area contributed by atoms with E-state index in [2.05, 4.69) is 57.9 Å². The van der Waals surface area contributed by atoms with Crippen LogP contribution in [0.1, 0.15) is 33.9 Å². The van der Waals surface area contributed by atoms with E-state index in [4.69, 9.17) is 0 Å². The third-order valence-electron chi connectivity index (χ3n) is 4.99. The second-order valence-electron chi connectivity index (χ2n) is 7.02. The SMILES string of the molecule is CN=C(NCc1ccccc1-n1nc(C)cc1C)NCc1c(C)nn(C)c1C.I. The Morgan fingerprint density at radius 1 is 1.03 bits per heavy atom. The molecule has 0 atom stereocenters. The maximum absolute atomic E-state index is 4.62. The standard InChI is InChI=1S/C21H29N7.HI/c1-14-11-15(2)28(25-14)20-10-8-7-9-18(20)12-23-21(22-5)24-13-19-16(3)26-27(6)17(19)4;/h7-11H,12-13H2,1-6H3,(H2,22,23,24);1H. The Morgan fingerprint density at radius 3 is 2.31 bits per heavy atom. The maximum Gasteiger partial charge on any atom is 0.191 e. The van der Waals surface area contributed by atoms with Crippen LogP contribution in [-0.4, -0.2) is 32.6 Å². The van der Waals surface area contributed by atoms with Crippen LogP contribution in [0, 0.1) is 27.7 Å². The minimum Gasteiger partial charge on any atom is -0.352 e. The molecule has 3 rings (SSSR count). The minimum atomic E-state index is 0. The summed E-state index contributed by atoms with van der Waals surface area (Å²) in [6, 6.07) is 10.4. The summed E-state index contributed by atoms with van der Waals surface area (Å²) in [5.41, 5.74) is 7.77. The molecular weight excluding hydrogens is 477 g/mol. The number of nitrogens with zero attached hydrogens (tertiary/aromatic N) is 5. The smallest absolute Gasteiger partial charge is 0.191 e. The first-order valence-corrected chi connectivity index (χ1v) is 9.45. The van der Waals surface area contributed by atoms with E-state index in [0.29, 0.717) is 13.1 Å². The fourth-order valence-electron chi connectivity index (χ4n) is 3.38. The topological polar surface area (TPSA) is 72.1 Å². The van der Waals surface area contributed by atoms with Crippen LogP contribution in [0.4, 0.5) is 0 Å². The summed E-state index contributed by atoms with van der Waals surface area (Å²) in [7, 11) is 3.75. The van der Waals surface area contributed by atoms with Crippen LogP contribution in [0.3, 0.4) is 0 Å². The maximum atomic E-state index is 4.62. The van der Waals surface area contributed by atoms with Crippen molar-refractivity contribution in [1.29, 1.82) is 0 Å². The number of benzene rings is 1. The Labute approximate surface area is 189 Å². The van der Waals surface area contributed by atoms with Crippen LogP contribution >= 0.6 is 24.0 Å². The highest BCUT2D eigenvalue weighted by atomic mass is 127. The Balaban J connectivity index is 0.00000300. The molecule has 8 heteroatoms. The third-order valence-corrected chi connectivity index (χ3v) is 4.99. The molecule has 2 N–H and O–H groups in total. The number of para-hydroxylation sites is 1. The number of aromatic nitrogens is 4. The van der Waals surface area contributed by atoms with Crippen LogP contribution in [0.2, 0.25) is 0 Å². The number of hydrogen-bond acceptors (Lipinski definition) is 3.